The van der Waals surface area contributed by atoms with E-state index in [1.807, 2.05) is 0 Å². The van der Waals surface area contributed by atoms with E-state index in [-0.39, 0.29) is 5.41 Å². The molecule has 1 aliphatic rings. The highest BCUT2D eigenvalue weighted by atomic mass is 16.5. The van der Waals surface area contributed by atoms with E-state index in [0.717, 1.165) is 24.3 Å². The Labute approximate surface area is 211 Å². The molecule has 7 rings (SSSR count). The molecule has 0 aromatic heterocycles. The van der Waals surface area contributed by atoms with Crippen molar-refractivity contribution in [1.82, 2.24) is 0 Å². The molecule has 0 radical (unpaired) electrons. The van der Waals surface area contributed by atoms with Crippen LogP contribution in [0.2, 0.25) is 0 Å². The SMILES string of the molecule is c1ccc(CC2(Cc3ccccc3)c3c(ccc4ccccc34)Oc3ccc4ccccc4c32)cc1. The first-order chi connectivity index (χ1) is 17.8. The predicted molar refractivity (Wildman–Crippen MR) is 149 cm³/mol. The Morgan fingerprint density at radius 1 is 0.417 bits per heavy atom. The zero-order valence-corrected chi connectivity index (χ0v) is 20.0. The molecule has 0 unspecified atom stereocenters. The number of ether oxygens (including phenoxy) is 1. The third kappa shape index (κ3) is 3.31. The summed E-state index contributed by atoms with van der Waals surface area (Å²) in [5.41, 5.74) is 4.92. The van der Waals surface area contributed by atoms with Crippen molar-refractivity contribution in [2.24, 2.45) is 0 Å². The molecule has 1 nitrogen and oxygen atoms in total. The molecule has 6 aromatic carbocycles. The average molecular weight is 463 g/mol. The average Bonchev–Trinajstić information content (AvgIpc) is 2.93. The summed E-state index contributed by atoms with van der Waals surface area (Å²) in [6.07, 6.45) is 1.77. The Balaban J connectivity index is 1.63. The van der Waals surface area contributed by atoms with Crippen molar-refractivity contribution in [2.75, 3.05) is 0 Å². The minimum atomic E-state index is -0.312. The van der Waals surface area contributed by atoms with Crippen LogP contribution in [0.25, 0.3) is 21.5 Å². The summed E-state index contributed by atoms with van der Waals surface area (Å²) in [4.78, 5) is 0. The van der Waals surface area contributed by atoms with E-state index in [9.17, 15) is 0 Å². The maximum absolute atomic E-state index is 6.72. The topological polar surface area (TPSA) is 9.23 Å². The first kappa shape index (κ1) is 21.0. The highest BCUT2D eigenvalue weighted by Crippen LogP contribution is 2.55. The molecule has 36 heavy (non-hydrogen) atoms. The van der Waals surface area contributed by atoms with Gasteiger partial charge in [-0.3, -0.25) is 0 Å². The number of benzene rings is 6. The zero-order valence-electron chi connectivity index (χ0n) is 20.0. The second-order valence-corrected chi connectivity index (χ2v) is 9.83. The van der Waals surface area contributed by atoms with Gasteiger partial charge >= 0.3 is 0 Å². The lowest BCUT2D eigenvalue weighted by Gasteiger charge is -2.42. The van der Waals surface area contributed by atoms with Crippen molar-refractivity contribution in [3.05, 3.63) is 156 Å². The Kier molecular flexibility index (Phi) is 4.89. The molecule has 0 aliphatic carbocycles. The molecule has 0 amide bonds. The van der Waals surface area contributed by atoms with E-state index in [1.54, 1.807) is 0 Å². The number of rotatable bonds is 4. The Hall–Kier alpha value is -4.36. The third-order valence-corrected chi connectivity index (χ3v) is 7.66. The van der Waals surface area contributed by atoms with Crippen molar-refractivity contribution in [3.63, 3.8) is 0 Å². The molecular weight excluding hydrogens is 436 g/mol. The Bertz CT molecular complexity index is 1570. The maximum atomic E-state index is 6.72. The van der Waals surface area contributed by atoms with Gasteiger partial charge in [-0.25, -0.2) is 0 Å². The summed E-state index contributed by atoms with van der Waals surface area (Å²) in [6, 6.07) is 48.1. The van der Waals surface area contributed by atoms with Gasteiger partial charge in [0.25, 0.3) is 0 Å². The van der Waals surface area contributed by atoms with Gasteiger partial charge in [0, 0.05) is 16.5 Å². The molecule has 0 saturated carbocycles. The molecule has 6 aromatic rings. The molecule has 1 aliphatic heterocycles. The summed E-state index contributed by atoms with van der Waals surface area (Å²) in [5.74, 6) is 1.92. The predicted octanol–water partition coefficient (Wildman–Crippen LogP) is 8.87. The van der Waals surface area contributed by atoms with Gasteiger partial charge in [0.05, 0.1) is 0 Å². The van der Waals surface area contributed by atoms with Crippen LogP contribution in [0.1, 0.15) is 22.3 Å². The van der Waals surface area contributed by atoms with Gasteiger partial charge < -0.3 is 4.74 Å². The van der Waals surface area contributed by atoms with Crippen LogP contribution in [-0.4, -0.2) is 0 Å². The number of hydrogen-bond acceptors (Lipinski definition) is 1. The second kappa shape index (κ2) is 8.39. The lowest BCUT2D eigenvalue weighted by atomic mass is 9.63. The highest BCUT2D eigenvalue weighted by molar-refractivity contribution is 5.95. The zero-order chi connectivity index (χ0) is 24.0. The van der Waals surface area contributed by atoms with Crippen LogP contribution in [0, 0.1) is 0 Å². The van der Waals surface area contributed by atoms with Gasteiger partial charge in [-0.05, 0) is 57.6 Å². The first-order valence-corrected chi connectivity index (χ1v) is 12.6. The van der Waals surface area contributed by atoms with E-state index in [4.69, 9.17) is 4.74 Å². The third-order valence-electron chi connectivity index (χ3n) is 7.66. The Morgan fingerprint density at radius 2 is 0.833 bits per heavy atom. The van der Waals surface area contributed by atoms with Crippen LogP contribution in [0.5, 0.6) is 11.5 Å². The fourth-order valence-corrected chi connectivity index (χ4v) is 6.21. The summed E-state index contributed by atoms with van der Waals surface area (Å²) in [6.45, 7) is 0. The van der Waals surface area contributed by atoms with Crippen LogP contribution in [0.3, 0.4) is 0 Å². The smallest absolute Gasteiger partial charge is 0.132 e. The van der Waals surface area contributed by atoms with Crippen molar-refractivity contribution >= 4 is 21.5 Å². The van der Waals surface area contributed by atoms with Crippen molar-refractivity contribution in [3.8, 4) is 11.5 Å². The van der Waals surface area contributed by atoms with E-state index in [1.165, 1.54) is 43.8 Å². The van der Waals surface area contributed by atoms with Crippen molar-refractivity contribution in [1.29, 1.82) is 0 Å². The van der Waals surface area contributed by atoms with Gasteiger partial charge in [0.2, 0.25) is 0 Å². The number of hydrogen-bond donors (Lipinski definition) is 0. The van der Waals surface area contributed by atoms with Gasteiger partial charge in [0.1, 0.15) is 11.5 Å². The van der Waals surface area contributed by atoms with E-state index in [0.29, 0.717) is 0 Å². The summed E-state index contributed by atoms with van der Waals surface area (Å²) < 4.78 is 6.72. The van der Waals surface area contributed by atoms with Gasteiger partial charge in [-0.15, -0.1) is 0 Å². The molecule has 0 fully saturated rings. The van der Waals surface area contributed by atoms with E-state index in [2.05, 4.69) is 133 Å². The fourth-order valence-electron chi connectivity index (χ4n) is 6.21. The van der Waals surface area contributed by atoms with Crippen LogP contribution in [0.4, 0.5) is 0 Å². The monoisotopic (exact) mass is 462 g/mol. The minimum Gasteiger partial charge on any atom is -0.457 e. The lowest BCUT2D eigenvalue weighted by Crippen LogP contribution is -2.37. The molecular formula is C35H26O. The van der Waals surface area contributed by atoms with Crippen molar-refractivity contribution < 1.29 is 4.74 Å². The molecule has 1 heteroatoms. The molecule has 0 atom stereocenters. The number of fused-ring (bicyclic) bond motifs is 6. The standard InChI is InChI=1S/C35H26O/c1-3-11-25(12-4-1)23-35(24-26-13-5-2-6-14-26)33-29-17-9-7-15-27(29)19-21-31(33)36-32-22-20-28-16-8-10-18-30(28)34(32)35/h1-22H,23-24H2. The van der Waals surface area contributed by atoms with Gasteiger partial charge in [0.15, 0.2) is 0 Å². The molecule has 0 saturated heterocycles. The second-order valence-electron chi connectivity index (χ2n) is 9.83. The summed E-state index contributed by atoms with van der Waals surface area (Å²) in [7, 11) is 0. The molecule has 0 N–H and O–H groups in total. The van der Waals surface area contributed by atoms with Crippen LogP contribution >= 0.6 is 0 Å². The molecule has 172 valence electrons. The fraction of sp³-hybridized carbons (Fsp3) is 0.0857. The molecule has 0 bridgehead atoms. The Morgan fingerprint density at radius 3 is 1.31 bits per heavy atom. The van der Waals surface area contributed by atoms with Gasteiger partial charge in [-0.1, -0.05) is 121 Å². The van der Waals surface area contributed by atoms with Crippen LogP contribution in [-0.2, 0) is 18.3 Å². The minimum absolute atomic E-state index is 0.312. The van der Waals surface area contributed by atoms with Crippen molar-refractivity contribution in [2.45, 2.75) is 18.3 Å². The van der Waals surface area contributed by atoms with Crippen LogP contribution in [0.15, 0.2) is 133 Å². The normalized spacial score (nSPS) is 13.7. The summed E-state index contributed by atoms with van der Waals surface area (Å²) >= 11 is 0. The quantitative estimate of drug-likeness (QED) is 0.254. The molecule has 0 spiro atoms. The largest absolute Gasteiger partial charge is 0.457 e. The van der Waals surface area contributed by atoms with Gasteiger partial charge in [-0.2, -0.15) is 0 Å². The maximum Gasteiger partial charge on any atom is 0.132 e. The first-order valence-electron chi connectivity index (χ1n) is 12.6. The molecule has 1 heterocycles. The summed E-state index contributed by atoms with van der Waals surface area (Å²) in [5, 5.41) is 5.02. The van der Waals surface area contributed by atoms with E-state index < -0.39 is 0 Å². The highest BCUT2D eigenvalue weighted by Gasteiger charge is 2.44. The van der Waals surface area contributed by atoms with Crippen LogP contribution < -0.4 is 4.74 Å². The lowest BCUT2D eigenvalue weighted by molar-refractivity contribution is 0.391. The van der Waals surface area contributed by atoms with E-state index >= 15 is 0 Å².